The standard InChI is InChI=1S/C20H25N3O/c1-3-24-20-9-8-17-6-4-5-7-18(17)19(20)13-22-12-16(2)14-23-11-10-21-15-23/h4-11,15-16,22H,3,12-14H2,1-2H3/t16-/m1/s1. The van der Waals surface area contributed by atoms with Crippen molar-refractivity contribution in [1.82, 2.24) is 14.9 Å². The van der Waals surface area contributed by atoms with Crippen molar-refractivity contribution in [2.24, 2.45) is 5.92 Å². The van der Waals surface area contributed by atoms with Crippen molar-refractivity contribution in [3.05, 3.63) is 60.7 Å². The molecule has 3 aromatic rings. The van der Waals surface area contributed by atoms with E-state index in [0.717, 1.165) is 25.4 Å². The Labute approximate surface area is 143 Å². The molecule has 4 nitrogen and oxygen atoms in total. The Morgan fingerprint density at radius 2 is 2.08 bits per heavy atom. The summed E-state index contributed by atoms with van der Waals surface area (Å²) in [5.74, 6) is 1.51. The van der Waals surface area contributed by atoms with Crippen LogP contribution in [0, 0.1) is 5.92 Å². The van der Waals surface area contributed by atoms with Gasteiger partial charge in [-0.2, -0.15) is 0 Å². The molecule has 0 radical (unpaired) electrons. The zero-order chi connectivity index (χ0) is 16.8. The van der Waals surface area contributed by atoms with Crippen LogP contribution in [0.5, 0.6) is 5.75 Å². The lowest BCUT2D eigenvalue weighted by atomic mass is 10.0. The second kappa shape index (κ2) is 7.97. The summed E-state index contributed by atoms with van der Waals surface area (Å²) < 4.78 is 7.96. The molecule has 2 aromatic carbocycles. The number of fused-ring (bicyclic) bond motifs is 1. The van der Waals surface area contributed by atoms with Gasteiger partial charge in [0, 0.05) is 31.0 Å². The van der Waals surface area contributed by atoms with Crippen molar-refractivity contribution >= 4 is 10.8 Å². The molecule has 0 spiro atoms. The van der Waals surface area contributed by atoms with Crippen LogP contribution in [-0.2, 0) is 13.1 Å². The molecule has 1 N–H and O–H groups in total. The topological polar surface area (TPSA) is 39.1 Å². The predicted molar refractivity (Wildman–Crippen MR) is 98.2 cm³/mol. The van der Waals surface area contributed by atoms with E-state index in [1.165, 1.54) is 16.3 Å². The number of hydrogen-bond acceptors (Lipinski definition) is 3. The van der Waals surface area contributed by atoms with Gasteiger partial charge in [0.05, 0.1) is 12.9 Å². The molecule has 0 aliphatic carbocycles. The quantitative estimate of drug-likeness (QED) is 0.684. The third-order valence-corrected chi connectivity index (χ3v) is 4.17. The van der Waals surface area contributed by atoms with Gasteiger partial charge in [-0.1, -0.05) is 37.3 Å². The van der Waals surface area contributed by atoms with Gasteiger partial charge in [-0.05, 0) is 36.2 Å². The SMILES string of the molecule is CCOc1ccc2ccccc2c1CNC[C@@H](C)Cn1ccnc1. The molecule has 0 amide bonds. The van der Waals surface area contributed by atoms with Gasteiger partial charge in [-0.15, -0.1) is 0 Å². The number of nitrogens with one attached hydrogen (secondary N) is 1. The molecule has 1 heterocycles. The summed E-state index contributed by atoms with van der Waals surface area (Å²) in [6.07, 6.45) is 5.70. The highest BCUT2D eigenvalue weighted by Crippen LogP contribution is 2.28. The molecular formula is C20H25N3O. The van der Waals surface area contributed by atoms with Crippen LogP contribution >= 0.6 is 0 Å². The molecular weight excluding hydrogens is 298 g/mol. The fourth-order valence-electron chi connectivity index (χ4n) is 3.05. The van der Waals surface area contributed by atoms with Crippen LogP contribution in [0.15, 0.2) is 55.1 Å². The van der Waals surface area contributed by atoms with Crippen molar-refractivity contribution < 1.29 is 4.74 Å². The Morgan fingerprint density at radius 3 is 2.88 bits per heavy atom. The molecule has 1 atom stereocenters. The first-order valence-electron chi connectivity index (χ1n) is 8.57. The Bertz CT molecular complexity index is 768. The van der Waals surface area contributed by atoms with Crippen LogP contribution in [0.4, 0.5) is 0 Å². The largest absolute Gasteiger partial charge is 0.494 e. The summed E-state index contributed by atoms with van der Waals surface area (Å²) in [5, 5.41) is 6.11. The minimum absolute atomic E-state index is 0.532. The summed E-state index contributed by atoms with van der Waals surface area (Å²) in [7, 11) is 0. The fourth-order valence-corrected chi connectivity index (χ4v) is 3.05. The molecule has 0 aliphatic heterocycles. The second-order valence-corrected chi connectivity index (χ2v) is 6.19. The number of ether oxygens (including phenoxy) is 1. The third-order valence-electron chi connectivity index (χ3n) is 4.17. The Balaban J connectivity index is 1.68. The lowest BCUT2D eigenvalue weighted by molar-refractivity contribution is 0.335. The molecule has 0 fully saturated rings. The summed E-state index contributed by atoms with van der Waals surface area (Å²) in [5.41, 5.74) is 1.24. The summed E-state index contributed by atoms with van der Waals surface area (Å²) >= 11 is 0. The van der Waals surface area contributed by atoms with Crippen LogP contribution < -0.4 is 10.1 Å². The molecule has 0 unspecified atom stereocenters. The first-order valence-corrected chi connectivity index (χ1v) is 8.57. The Hall–Kier alpha value is -2.33. The molecule has 1 aromatic heterocycles. The van der Waals surface area contributed by atoms with Crippen LogP contribution in [0.1, 0.15) is 19.4 Å². The fraction of sp³-hybridized carbons (Fsp3) is 0.350. The van der Waals surface area contributed by atoms with E-state index in [2.05, 4.69) is 58.2 Å². The van der Waals surface area contributed by atoms with Crippen molar-refractivity contribution in [3.8, 4) is 5.75 Å². The van der Waals surface area contributed by atoms with Gasteiger partial charge in [-0.25, -0.2) is 4.98 Å². The van der Waals surface area contributed by atoms with Gasteiger partial charge in [0.1, 0.15) is 5.75 Å². The van der Waals surface area contributed by atoms with E-state index in [1.54, 1.807) is 0 Å². The van der Waals surface area contributed by atoms with Gasteiger partial charge in [0.25, 0.3) is 0 Å². The van der Waals surface area contributed by atoms with Gasteiger partial charge in [0.15, 0.2) is 0 Å². The van der Waals surface area contributed by atoms with E-state index >= 15 is 0 Å². The van der Waals surface area contributed by atoms with Crippen molar-refractivity contribution in [2.45, 2.75) is 26.9 Å². The van der Waals surface area contributed by atoms with Crippen molar-refractivity contribution in [1.29, 1.82) is 0 Å². The second-order valence-electron chi connectivity index (χ2n) is 6.19. The monoisotopic (exact) mass is 323 g/mol. The number of benzene rings is 2. The minimum atomic E-state index is 0.532. The number of nitrogens with zero attached hydrogens (tertiary/aromatic N) is 2. The van der Waals surface area contributed by atoms with Crippen molar-refractivity contribution in [2.75, 3.05) is 13.2 Å². The van der Waals surface area contributed by atoms with Gasteiger partial charge in [0.2, 0.25) is 0 Å². The molecule has 126 valence electrons. The summed E-state index contributed by atoms with van der Waals surface area (Å²) in [6.45, 7) is 7.69. The van der Waals surface area contributed by atoms with Gasteiger partial charge in [-0.3, -0.25) is 0 Å². The highest BCUT2D eigenvalue weighted by atomic mass is 16.5. The molecule has 0 saturated carbocycles. The maximum absolute atomic E-state index is 5.84. The summed E-state index contributed by atoms with van der Waals surface area (Å²) in [4.78, 5) is 4.10. The van der Waals surface area contributed by atoms with Gasteiger partial charge >= 0.3 is 0 Å². The predicted octanol–water partition coefficient (Wildman–Crippen LogP) is 3.86. The van der Waals surface area contributed by atoms with E-state index < -0.39 is 0 Å². The van der Waals surface area contributed by atoms with E-state index in [4.69, 9.17) is 4.74 Å². The van der Waals surface area contributed by atoms with Crippen LogP contribution in [0.3, 0.4) is 0 Å². The first-order chi connectivity index (χ1) is 11.8. The number of rotatable bonds is 8. The summed E-state index contributed by atoms with van der Waals surface area (Å²) in [6, 6.07) is 12.7. The zero-order valence-electron chi connectivity index (χ0n) is 14.4. The van der Waals surface area contributed by atoms with Crippen molar-refractivity contribution in [3.63, 3.8) is 0 Å². The average molecular weight is 323 g/mol. The molecule has 4 heteroatoms. The molecule has 24 heavy (non-hydrogen) atoms. The van der Waals surface area contributed by atoms with Crippen LogP contribution in [0.25, 0.3) is 10.8 Å². The van der Waals surface area contributed by atoms with E-state index in [-0.39, 0.29) is 0 Å². The lowest BCUT2D eigenvalue weighted by Crippen LogP contribution is -2.24. The zero-order valence-corrected chi connectivity index (χ0v) is 14.4. The van der Waals surface area contributed by atoms with Crippen LogP contribution in [0.2, 0.25) is 0 Å². The smallest absolute Gasteiger partial charge is 0.124 e. The number of imidazole rings is 1. The van der Waals surface area contributed by atoms with E-state index in [9.17, 15) is 0 Å². The van der Waals surface area contributed by atoms with E-state index in [0.29, 0.717) is 12.5 Å². The highest BCUT2D eigenvalue weighted by Gasteiger charge is 2.09. The Morgan fingerprint density at radius 1 is 1.21 bits per heavy atom. The maximum atomic E-state index is 5.84. The van der Waals surface area contributed by atoms with E-state index in [1.807, 2.05) is 25.6 Å². The maximum Gasteiger partial charge on any atom is 0.124 e. The molecule has 0 aliphatic rings. The molecule has 3 rings (SSSR count). The normalized spacial score (nSPS) is 12.4. The van der Waals surface area contributed by atoms with Crippen LogP contribution in [-0.4, -0.2) is 22.7 Å². The Kier molecular flexibility index (Phi) is 5.49. The minimum Gasteiger partial charge on any atom is -0.494 e. The number of aromatic nitrogens is 2. The highest BCUT2D eigenvalue weighted by molar-refractivity contribution is 5.87. The number of hydrogen-bond donors (Lipinski definition) is 1. The van der Waals surface area contributed by atoms with Gasteiger partial charge < -0.3 is 14.6 Å². The molecule has 0 bridgehead atoms. The third kappa shape index (κ3) is 3.95. The first kappa shape index (κ1) is 16.5. The average Bonchev–Trinajstić information content (AvgIpc) is 3.09. The lowest BCUT2D eigenvalue weighted by Gasteiger charge is -2.16. The molecule has 0 saturated heterocycles.